The van der Waals surface area contributed by atoms with Crippen molar-refractivity contribution in [3.63, 3.8) is 0 Å². The minimum atomic E-state index is -0.120. The van der Waals surface area contributed by atoms with Crippen molar-refractivity contribution < 1.29 is 14.3 Å². The second-order valence-corrected chi connectivity index (χ2v) is 4.48. The fourth-order valence-electron chi connectivity index (χ4n) is 1.92. The standard InChI is InChI=1S/C15H20N4O3/c1-3-21-12-5-6-14(22-4-2)13(9-12)18-15(20)7-8-19-11-16-10-17-19/h5-6,9-11H,3-4,7-8H2,1-2H3,(H,18,20). The van der Waals surface area contributed by atoms with E-state index in [4.69, 9.17) is 9.47 Å². The second kappa shape index (κ2) is 8.02. The van der Waals surface area contributed by atoms with Gasteiger partial charge < -0.3 is 14.8 Å². The molecule has 0 radical (unpaired) electrons. The van der Waals surface area contributed by atoms with Gasteiger partial charge in [-0.15, -0.1) is 0 Å². The molecule has 0 aliphatic rings. The van der Waals surface area contributed by atoms with Gasteiger partial charge in [-0.1, -0.05) is 0 Å². The van der Waals surface area contributed by atoms with Crippen molar-refractivity contribution in [1.29, 1.82) is 0 Å². The van der Waals surface area contributed by atoms with Gasteiger partial charge in [0.25, 0.3) is 0 Å². The molecule has 0 saturated heterocycles. The first-order valence-corrected chi connectivity index (χ1v) is 7.24. The number of benzene rings is 1. The van der Waals surface area contributed by atoms with E-state index in [0.717, 1.165) is 0 Å². The van der Waals surface area contributed by atoms with Crippen molar-refractivity contribution in [2.24, 2.45) is 0 Å². The first-order chi connectivity index (χ1) is 10.7. The van der Waals surface area contributed by atoms with Crippen LogP contribution in [0.15, 0.2) is 30.9 Å². The molecule has 0 saturated carbocycles. The van der Waals surface area contributed by atoms with Crippen molar-refractivity contribution in [3.05, 3.63) is 30.9 Å². The normalized spacial score (nSPS) is 10.3. The lowest BCUT2D eigenvalue weighted by molar-refractivity contribution is -0.116. The molecule has 2 rings (SSSR count). The van der Waals surface area contributed by atoms with Gasteiger partial charge in [-0.3, -0.25) is 9.48 Å². The number of carbonyl (C=O) groups is 1. The molecule has 0 atom stereocenters. The molecule has 0 spiro atoms. The molecule has 0 aliphatic carbocycles. The topological polar surface area (TPSA) is 78.3 Å². The largest absolute Gasteiger partial charge is 0.494 e. The first kappa shape index (κ1) is 15.8. The van der Waals surface area contributed by atoms with Crippen LogP contribution in [0.4, 0.5) is 5.69 Å². The predicted octanol–water partition coefficient (Wildman–Crippen LogP) is 2.10. The molecule has 7 heteroatoms. The molecule has 1 aromatic carbocycles. The van der Waals surface area contributed by atoms with Crippen LogP contribution in [0.25, 0.3) is 0 Å². The molecule has 1 aromatic heterocycles. The number of aromatic nitrogens is 3. The number of nitrogens with one attached hydrogen (secondary N) is 1. The average molecular weight is 304 g/mol. The summed E-state index contributed by atoms with van der Waals surface area (Å²) in [6.45, 7) is 5.37. The van der Waals surface area contributed by atoms with Crippen molar-refractivity contribution in [2.45, 2.75) is 26.8 Å². The Labute approximate surface area is 129 Å². The minimum absolute atomic E-state index is 0.120. The zero-order chi connectivity index (χ0) is 15.8. The van der Waals surface area contributed by atoms with Crippen molar-refractivity contribution in [1.82, 2.24) is 14.8 Å². The molecule has 2 aromatic rings. The van der Waals surface area contributed by atoms with Gasteiger partial charge in [0.2, 0.25) is 5.91 Å². The van der Waals surface area contributed by atoms with Gasteiger partial charge in [0.15, 0.2) is 0 Å². The number of ether oxygens (including phenoxy) is 2. The molecule has 1 amide bonds. The van der Waals surface area contributed by atoms with E-state index < -0.39 is 0 Å². The molecule has 7 nitrogen and oxygen atoms in total. The van der Waals surface area contributed by atoms with Crippen LogP contribution in [0.1, 0.15) is 20.3 Å². The van der Waals surface area contributed by atoms with Gasteiger partial charge in [0.1, 0.15) is 24.2 Å². The number of nitrogens with zero attached hydrogens (tertiary/aromatic N) is 3. The SMILES string of the molecule is CCOc1ccc(OCC)c(NC(=O)CCn2cncn2)c1. The number of rotatable bonds is 8. The van der Waals surface area contributed by atoms with Crippen LogP contribution in [-0.4, -0.2) is 33.9 Å². The molecule has 0 bridgehead atoms. The zero-order valence-corrected chi connectivity index (χ0v) is 12.8. The summed E-state index contributed by atoms with van der Waals surface area (Å²) in [6.07, 6.45) is 3.32. The summed E-state index contributed by atoms with van der Waals surface area (Å²) in [6, 6.07) is 5.38. The fourth-order valence-corrected chi connectivity index (χ4v) is 1.92. The highest BCUT2D eigenvalue weighted by molar-refractivity contribution is 5.92. The number of hydrogen-bond donors (Lipinski definition) is 1. The lowest BCUT2D eigenvalue weighted by atomic mass is 10.2. The Morgan fingerprint density at radius 3 is 2.77 bits per heavy atom. The van der Waals surface area contributed by atoms with Gasteiger partial charge in [-0.05, 0) is 26.0 Å². The lowest BCUT2D eigenvalue weighted by Crippen LogP contribution is -2.15. The predicted molar refractivity (Wildman–Crippen MR) is 82.0 cm³/mol. The van der Waals surface area contributed by atoms with E-state index in [1.54, 1.807) is 23.1 Å². The van der Waals surface area contributed by atoms with Crippen LogP contribution in [-0.2, 0) is 11.3 Å². The third-order valence-corrected chi connectivity index (χ3v) is 2.87. The molecule has 0 fully saturated rings. The maximum atomic E-state index is 12.1. The molecule has 1 N–H and O–H groups in total. The van der Waals surface area contributed by atoms with E-state index in [9.17, 15) is 4.79 Å². The van der Waals surface area contributed by atoms with E-state index in [-0.39, 0.29) is 5.91 Å². The molecule has 118 valence electrons. The summed E-state index contributed by atoms with van der Waals surface area (Å²) in [5, 5.41) is 6.81. The Hall–Kier alpha value is -2.57. The summed E-state index contributed by atoms with van der Waals surface area (Å²) in [7, 11) is 0. The first-order valence-electron chi connectivity index (χ1n) is 7.24. The van der Waals surface area contributed by atoms with Crippen molar-refractivity contribution in [3.8, 4) is 11.5 Å². The number of anilines is 1. The van der Waals surface area contributed by atoms with E-state index >= 15 is 0 Å². The van der Waals surface area contributed by atoms with Crippen LogP contribution < -0.4 is 14.8 Å². The molecule has 22 heavy (non-hydrogen) atoms. The third-order valence-electron chi connectivity index (χ3n) is 2.87. The maximum Gasteiger partial charge on any atom is 0.226 e. The Kier molecular flexibility index (Phi) is 5.76. The van der Waals surface area contributed by atoms with Crippen LogP contribution in [0.3, 0.4) is 0 Å². The third kappa shape index (κ3) is 4.47. The van der Waals surface area contributed by atoms with Gasteiger partial charge in [-0.2, -0.15) is 5.10 Å². The summed E-state index contributed by atoms with van der Waals surface area (Å²) in [4.78, 5) is 15.9. The minimum Gasteiger partial charge on any atom is -0.494 e. The number of hydrogen-bond acceptors (Lipinski definition) is 5. The summed E-state index contributed by atoms with van der Waals surface area (Å²) < 4.78 is 12.6. The van der Waals surface area contributed by atoms with Crippen LogP contribution in [0.2, 0.25) is 0 Å². The second-order valence-electron chi connectivity index (χ2n) is 4.48. The van der Waals surface area contributed by atoms with Crippen LogP contribution >= 0.6 is 0 Å². The van der Waals surface area contributed by atoms with Crippen LogP contribution in [0, 0.1) is 0 Å². The maximum absolute atomic E-state index is 12.1. The summed E-state index contributed by atoms with van der Waals surface area (Å²) in [5.41, 5.74) is 0.608. The molecular formula is C15H20N4O3. The van der Waals surface area contributed by atoms with E-state index in [0.29, 0.717) is 43.4 Å². The summed E-state index contributed by atoms with van der Waals surface area (Å²) >= 11 is 0. The van der Waals surface area contributed by atoms with Crippen molar-refractivity contribution >= 4 is 11.6 Å². The van der Waals surface area contributed by atoms with Gasteiger partial charge in [0.05, 0.1) is 25.4 Å². The molecule has 0 aliphatic heterocycles. The molecular weight excluding hydrogens is 284 g/mol. The van der Waals surface area contributed by atoms with Gasteiger partial charge in [0, 0.05) is 12.5 Å². The van der Waals surface area contributed by atoms with E-state index in [1.807, 2.05) is 19.9 Å². The number of amides is 1. The zero-order valence-electron chi connectivity index (χ0n) is 12.8. The Bertz CT molecular complexity index is 599. The van der Waals surface area contributed by atoms with Crippen LogP contribution in [0.5, 0.6) is 11.5 Å². The van der Waals surface area contributed by atoms with E-state index in [1.165, 1.54) is 6.33 Å². The Morgan fingerprint density at radius 1 is 1.27 bits per heavy atom. The smallest absolute Gasteiger partial charge is 0.226 e. The van der Waals surface area contributed by atoms with Gasteiger partial charge in [-0.25, -0.2) is 4.98 Å². The average Bonchev–Trinajstić information content (AvgIpc) is 3.02. The number of carbonyl (C=O) groups excluding carboxylic acids is 1. The van der Waals surface area contributed by atoms with Crippen molar-refractivity contribution in [2.75, 3.05) is 18.5 Å². The number of aryl methyl sites for hydroxylation is 1. The molecule has 0 unspecified atom stereocenters. The molecule has 1 heterocycles. The highest BCUT2D eigenvalue weighted by atomic mass is 16.5. The lowest BCUT2D eigenvalue weighted by Gasteiger charge is -2.13. The fraction of sp³-hybridized carbons (Fsp3) is 0.400. The quantitative estimate of drug-likeness (QED) is 0.808. The monoisotopic (exact) mass is 304 g/mol. The van der Waals surface area contributed by atoms with E-state index in [2.05, 4.69) is 15.4 Å². The highest BCUT2D eigenvalue weighted by Crippen LogP contribution is 2.29. The highest BCUT2D eigenvalue weighted by Gasteiger charge is 2.10. The Morgan fingerprint density at radius 2 is 2.09 bits per heavy atom. The summed E-state index contributed by atoms with van der Waals surface area (Å²) in [5.74, 6) is 1.20. The van der Waals surface area contributed by atoms with Gasteiger partial charge >= 0.3 is 0 Å². The Balaban J connectivity index is 2.01.